The predicted octanol–water partition coefficient (Wildman–Crippen LogP) is 5.38. The maximum atomic E-state index is 3.45. The number of para-hydroxylation sites is 1. The third-order valence-corrected chi connectivity index (χ3v) is 4.87. The van der Waals surface area contributed by atoms with Crippen LogP contribution < -0.4 is 4.90 Å². The van der Waals surface area contributed by atoms with E-state index in [1.165, 1.54) is 52.2 Å². The van der Waals surface area contributed by atoms with E-state index in [0.717, 1.165) is 6.54 Å². The van der Waals surface area contributed by atoms with E-state index in [1.807, 2.05) is 0 Å². The zero-order valence-corrected chi connectivity index (χ0v) is 13.8. The van der Waals surface area contributed by atoms with Crippen LogP contribution in [0.25, 0.3) is 11.1 Å². The van der Waals surface area contributed by atoms with E-state index in [1.54, 1.807) is 0 Å². The van der Waals surface area contributed by atoms with Crippen LogP contribution >= 0.6 is 0 Å². The molecule has 0 spiro atoms. The summed E-state index contributed by atoms with van der Waals surface area (Å²) in [7, 11) is 0. The lowest BCUT2D eigenvalue weighted by Crippen LogP contribution is -2.24. The van der Waals surface area contributed by atoms with Crippen LogP contribution in [0.4, 0.5) is 11.4 Å². The third kappa shape index (κ3) is 2.35. The molecule has 2 nitrogen and oxygen atoms in total. The highest BCUT2D eigenvalue weighted by Crippen LogP contribution is 2.41. The van der Waals surface area contributed by atoms with Gasteiger partial charge in [-0.2, -0.15) is 0 Å². The first-order valence-corrected chi connectivity index (χ1v) is 8.35. The number of aromatic amines is 1. The molecule has 0 bridgehead atoms. The van der Waals surface area contributed by atoms with Gasteiger partial charge in [0.05, 0.1) is 5.69 Å². The van der Waals surface area contributed by atoms with Gasteiger partial charge >= 0.3 is 0 Å². The van der Waals surface area contributed by atoms with Crippen LogP contribution in [0.1, 0.15) is 23.2 Å². The Bertz CT molecular complexity index is 845. The Morgan fingerprint density at radius 3 is 2.57 bits per heavy atom. The number of hydrogen-bond donors (Lipinski definition) is 1. The Morgan fingerprint density at radius 2 is 1.70 bits per heavy atom. The first-order valence-electron chi connectivity index (χ1n) is 8.35. The molecule has 0 amide bonds. The van der Waals surface area contributed by atoms with Crippen LogP contribution in [0.2, 0.25) is 0 Å². The van der Waals surface area contributed by atoms with Crippen LogP contribution in [-0.2, 0) is 6.42 Å². The average Bonchev–Trinajstić information content (AvgIpc) is 2.96. The second kappa shape index (κ2) is 5.62. The van der Waals surface area contributed by atoms with E-state index in [-0.39, 0.29) is 0 Å². The summed E-state index contributed by atoms with van der Waals surface area (Å²) < 4.78 is 0. The molecule has 3 aromatic rings. The summed E-state index contributed by atoms with van der Waals surface area (Å²) in [5, 5.41) is 0. The number of anilines is 2. The summed E-state index contributed by atoms with van der Waals surface area (Å²) in [6.45, 7) is 5.43. The fraction of sp³-hybridized carbons (Fsp3) is 0.238. The smallest absolute Gasteiger partial charge is 0.0671 e. The van der Waals surface area contributed by atoms with Gasteiger partial charge in [-0.3, -0.25) is 0 Å². The topological polar surface area (TPSA) is 19.0 Å². The van der Waals surface area contributed by atoms with Crippen molar-refractivity contribution in [2.45, 2.75) is 26.7 Å². The lowest BCUT2D eigenvalue weighted by molar-refractivity contribution is 0.767. The molecule has 4 rings (SSSR count). The van der Waals surface area contributed by atoms with E-state index in [2.05, 4.69) is 78.5 Å². The Labute approximate surface area is 137 Å². The molecule has 0 aliphatic carbocycles. The molecule has 2 heteroatoms. The number of hydrogen-bond acceptors (Lipinski definition) is 1. The van der Waals surface area contributed by atoms with Crippen molar-refractivity contribution in [1.29, 1.82) is 0 Å². The van der Waals surface area contributed by atoms with Crippen LogP contribution in [0.3, 0.4) is 0 Å². The molecular formula is C21H22N2. The number of benzene rings is 2. The van der Waals surface area contributed by atoms with Gasteiger partial charge in [0, 0.05) is 29.7 Å². The second-order valence-electron chi connectivity index (χ2n) is 6.37. The van der Waals surface area contributed by atoms with Gasteiger partial charge < -0.3 is 9.88 Å². The van der Waals surface area contributed by atoms with Crippen molar-refractivity contribution < 1.29 is 0 Å². The van der Waals surface area contributed by atoms with E-state index in [0.29, 0.717) is 0 Å². The van der Waals surface area contributed by atoms with Crippen molar-refractivity contribution in [3.8, 4) is 11.1 Å². The van der Waals surface area contributed by atoms with E-state index in [4.69, 9.17) is 0 Å². The third-order valence-electron chi connectivity index (χ3n) is 4.87. The number of H-pyrrole nitrogens is 1. The Morgan fingerprint density at radius 1 is 0.913 bits per heavy atom. The monoisotopic (exact) mass is 302 g/mol. The molecule has 23 heavy (non-hydrogen) atoms. The number of aryl methyl sites for hydroxylation is 3. The highest BCUT2D eigenvalue weighted by molar-refractivity contribution is 5.86. The summed E-state index contributed by atoms with van der Waals surface area (Å²) in [5.41, 5.74) is 9.31. The second-order valence-corrected chi connectivity index (χ2v) is 6.37. The molecule has 1 aliphatic heterocycles. The largest absolute Gasteiger partial charge is 0.363 e. The minimum atomic E-state index is 1.08. The van der Waals surface area contributed by atoms with E-state index >= 15 is 0 Å². The van der Waals surface area contributed by atoms with Gasteiger partial charge in [0.15, 0.2) is 0 Å². The van der Waals surface area contributed by atoms with Gasteiger partial charge in [-0.25, -0.2) is 0 Å². The van der Waals surface area contributed by atoms with Crippen molar-refractivity contribution in [1.82, 2.24) is 4.98 Å². The standard InChI is InChI=1S/C21H22N2/c1-15-8-3-5-11-18(15)21-16(2)22-14-20(21)23-13-7-10-17-9-4-6-12-19(17)23/h3-6,8-9,11-12,14,22H,7,10,13H2,1-2H3. The van der Waals surface area contributed by atoms with Gasteiger partial charge in [-0.15, -0.1) is 0 Å². The van der Waals surface area contributed by atoms with Crippen molar-refractivity contribution in [3.63, 3.8) is 0 Å². The minimum absolute atomic E-state index is 1.08. The first-order chi connectivity index (χ1) is 11.3. The van der Waals surface area contributed by atoms with Crippen LogP contribution in [0, 0.1) is 13.8 Å². The summed E-state index contributed by atoms with van der Waals surface area (Å²) in [5.74, 6) is 0. The minimum Gasteiger partial charge on any atom is -0.363 e. The molecule has 0 radical (unpaired) electrons. The number of nitrogens with zero attached hydrogens (tertiary/aromatic N) is 1. The maximum Gasteiger partial charge on any atom is 0.0671 e. The molecule has 1 N–H and O–H groups in total. The van der Waals surface area contributed by atoms with Crippen molar-refractivity contribution in [2.75, 3.05) is 11.4 Å². The molecule has 2 aromatic carbocycles. The molecule has 0 saturated heterocycles. The quantitative estimate of drug-likeness (QED) is 0.673. The number of aromatic nitrogens is 1. The lowest BCUT2D eigenvalue weighted by Gasteiger charge is -2.31. The summed E-state index contributed by atoms with van der Waals surface area (Å²) >= 11 is 0. The molecular weight excluding hydrogens is 280 g/mol. The van der Waals surface area contributed by atoms with Gasteiger partial charge in [-0.1, -0.05) is 42.5 Å². The summed E-state index contributed by atoms with van der Waals surface area (Å²) in [6, 6.07) is 17.4. The Hall–Kier alpha value is -2.48. The van der Waals surface area contributed by atoms with Crippen molar-refractivity contribution >= 4 is 11.4 Å². The van der Waals surface area contributed by atoms with Crippen molar-refractivity contribution in [3.05, 3.63) is 71.5 Å². The molecule has 1 aliphatic rings. The van der Waals surface area contributed by atoms with Crippen LogP contribution in [0.15, 0.2) is 54.7 Å². The average molecular weight is 302 g/mol. The van der Waals surface area contributed by atoms with E-state index in [9.17, 15) is 0 Å². The van der Waals surface area contributed by atoms with Crippen molar-refractivity contribution in [2.24, 2.45) is 0 Å². The fourth-order valence-corrected chi connectivity index (χ4v) is 3.70. The zero-order chi connectivity index (χ0) is 15.8. The molecule has 2 heterocycles. The SMILES string of the molecule is Cc1ccccc1-c1c(N2CCCc3ccccc32)c[nH]c1C. The molecule has 0 saturated carbocycles. The molecule has 0 atom stereocenters. The van der Waals surface area contributed by atoms with Gasteiger partial charge in [-0.05, 0) is 49.4 Å². The molecule has 0 unspecified atom stereocenters. The fourth-order valence-electron chi connectivity index (χ4n) is 3.70. The highest BCUT2D eigenvalue weighted by atomic mass is 15.2. The first kappa shape index (κ1) is 14.1. The lowest BCUT2D eigenvalue weighted by atomic mass is 9.97. The Kier molecular flexibility index (Phi) is 3.45. The highest BCUT2D eigenvalue weighted by Gasteiger charge is 2.23. The number of fused-ring (bicyclic) bond motifs is 1. The van der Waals surface area contributed by atoms with Gasteiger partial charge in [0.2, 0.25) is 0 Å². The van der Waals surface area contributed by atoms with Crippen LogP contribution in [0.5, 0.6) is 0 Å². The predicted molar refractivity (Wildman–Crippen MR) is 97.5 cm³/mol. The number of nitrogens with one attached hydrogen (secondary N) is 1. The Balaban J connectivity index is 1.88. The summed E-state index contributed by atoms with van der Waals surface area (Å²) in [4.78, 5) is 5.93. The van der Waals surface area contributed by atoms with Gasteiger partial charge in [0.25, 0.3) is 0 Å². The maximum absolute atomic E-state index is 3.45. The molecule has 116 valence electrons. The molecule has 1 aromatic heterocycles. The van der Waals surface area contributed by atoms with Crippen LogP contribution in [-0.4, -0.2) is 11.5 Å². The van der Waals surface area contributed by atoms with Gasteiger partial charge in [0.1, 0.15) is 0 Å². The summed E-state index contributed by atoms with van der Waals surface area (Å²) in [6.07, 6.45) is 4.55. The molecule has 0 fully saturated rings. The number of rotatable bonds is 2. The zero-order valence-electron chi connectivity index (χ0n) is 13.8. The normalized spacial score (nSPS) is 13.9. The van der Waals surface area contributed by atoms with E-state index < -0.39 is 0 Å².